The van der Waals surface area contributed by atoms with Crippen LogP contribution in [0.3, 0.4) is 0 Å². The lowest BCUT2D eigenvalue weighted by molar-refractivity contribution is 0.248. The number of nitrogens with one attached hydrogen (secondary N) is 3. The first kappa shape index (κ1) is 13.8. The Kier molecular flexibility index (Phi) is 4.75. The van der Waals surface area contributed by atoms with Gasteiger partial charge in [-0.3, -0.25) is 4.21 Å². The second kappa shape index (κ2) is 6.53. The number of carbonyl (C=O) groups is 1. The van der Waals surface area contributed by atoms with Crippen LogP contribution in [0.4, 0.5) is 16.2 Å². The number of hydrogen-bond donors (Lipinski definition) is 3. The maximum absolute atomic E-state index is 11.7. The SMILES string of the molecule is O=C(Nc1ccc(NS(=O)[O-])cc1)NC1CCCC1. The average molecular weight is 282 g/mol. The van der Waals surface area contributed by atoms with E-state index in [0.29, 0.717) is 11.4 Å². The van der Waals surface area contributed by atoms with Crippen molar-refractivity contribution in [2.45, 2.75) is 31.7 Å². The van der Waals surface area contributed by atoms with Gasteiger partial charge in [-0.2, -0.15) is 0 Å². The Morgan fingerprint density at radius 2 is 1.74 bits per heavy atom. The van der Waals surface area contributed by atoms with E-state index in [1.165, 1.54) is 0 Å². The van der Waals surface area contributed by atoms with Gasteiger partial charge in [-0.15, -0.1) is 0 Å². The highest BCUT2D eigenvalue weighted by Crippen LogP contribution is 2.18. The van der Waals surface area contributed by atoms with Gasteiger partial charge in [-0.25, -0.2) is 4.79 Å². The summed E-state index contributed by atoms with van der Waals surface area (Å²) >= 11 is -2.34. The zero-order valence-electron chi connectivity index (χ0n) is 10.3. The molecule has 1 fully saturated rings. The van der Waals surface area contributed by atoms with Gasteiger partial charge >= 0.3 is 6.03 Å². The summed E-state index contributed by atoms with van der Waals surface area (Å²) in [6.07, 6.45) is 4.40. The molecule has 0 bridgehead atoms. The van der Waals surface area contributed by atoms with Gasteiger partial charge in [0.25, 0.3) is 0 Å². The van der Waals surface area contributed by atoms with Crippen LogP contribution < -0.4 is 15.4 Å². The summed E-state index contributed by atoms with van der Waals surface area (Å²) in [4.78, 5) is 11.7. The van der Waals surface area contributed by atoms with Crippen LogP contribution in [0.2, 0.25) is 0 Å². The Bertz CT molecular complexity index is 458. The molecule has 0 radical (unpaired) electrons. The molecule has 2 amide bonds. The highest BCUT2D eigenvalue weighted by Gasteiger charge is 2.16. The smallest absolute Gasteiger partial charge is 0.319 e. The third-order valence-corrected chi connectivity index (χ3v) is 3.44. The second-order valence-corrected chi connectivity index (χ2v) is 5.17. The van der Waals surface area contributed by atoms with Crippen LogP contribution in [-0.2, 0) is 11.3 Å². The first-order valence-electron chi connectivity index (χ1n) is 6.17. The summed E-state index contributed by atoms with van der Waals surface area (Å²) in [5.41, 5.74) is 1.08. The fraction of sp³-hybridized carbons (Fsp3) is 0.417. The zero-order valence-corrected chi connectivity index (χ0v) is 11.2. The first-order chi connectivity index (χ1) is 9.13. The van der Waals surface area contributed by atoms with Crippen molar-refractivity contribution in [2.24, 2.45) is 0 Å². The van der Waals surface area contributed by atoms with Crippen molar-refractivity contribution in [3.05, 3.63) is 24.3 Å². The lowest BCUT2D eigenvalue weighted by atomic mass is 10.2. The highest BCUT2D eigenvalue weighted by atomic mass is 32.2. The van der Waals surface area contributed by atoms with Crippen molar-refractivity contribution in [3.63, 3.8) is 0 Å². The second-order valence-electron chi connectivity index (χ2n) is 4.49. The van der Waals surface area contributed by atoms with Gasteiger partial charge in [0, 0.05) is 28.7 Å². The molecule has 1 aromatic rings. The number of urea groups is 1. The molecule has 1 atom stereocenters. The summed E-state index contributed by atoms with van der Waals surface area (Å²) in [5, 5.41) is 5.63. The van der Waals surface area contributed by atoms with E-state index in [1.54, 1.807) is 24.3 Å². The molecule has 0 saturated heterocycles. The van der Waals surface area contributed by atoms with Gasteiger partial charge in [0.15, 0.2) is 0 Å². The van der Waals surface area contributed by atoms with E-state index in [9.17, 15) is 13.6 Å². The predicted octanol–water partition coefficient (Wildman–Crippen LogP) is 1.96. The van der Waals surface area contributed by atoms with Gasteiger partial charge in [-0.1, -0.05) is 12.8 Å². The van der Waals surface area contributed by atoms with Crippen molar-refractivity contribution in [2.75, 3.05) is 10.0 Å². The number of rotatable bonds is 4. The van der Waals surface area contributed by atoms with Gasteiger partial charge in [0.2, 0.25) is 0 Å². The first-order valence-corrected chi connectivity index (χ1v) is 7.24. The van der Waals surface area contributed by atoms with Gasteiger partial charge in [-0.05, 0) is 37.1 Å². The Hall–Kier alpha value is -1.60. The van der Waals surface area contributed by atoms with Crippen molar-refractivity contribution < 1.29 is 13.6 Å². The lowest BCUT2D eigenvalue weighted by Crippen LogP contribution is -2.36. The molecule has 19 heavy (non-hydrogen) atoms. The van der Waals surface area contributed by atoms with E-state index in [-0.39, 0.29) is 12.1 Å². The molecular weight excluding hydrogens is 266 g/mol. The Balaban J connectivity index is 1.84. The van der Waals surface area contributed by atoms with Crippen LogP contribution in [0.15, 0.2) is 24.3 Å². The summed E-state index contributed by atoms with van der Waals surface area (Å²) in [5.74, 6) is 0. The standard InChI is InChI=1S/C12H17N3O3S/c16-12(13-9-3-1-2-4-9)14-10-5-7-11(8-6-10)15-19(17)18/h5-9,15H,1-4H2,(H,17,18)(H2,13,14,16)/p-1. The quantitative estimate of drug-likeness (QED) is 0.737. The van der Waals surface area contributed by atoms with Gasteiger partial charge in [0.05, 0.1) is 0 Å². The van der Waals surface area contributed by atoms with E-state index in [2.05, 4.69) is 15.4 Å². The molecular formula is C12H16N3O3S-. The van der Waals surface area contributed by atoms with E-state index >= 15 is 0 Å². The molecule has 0 aliphatic heterocycles. The van der Waals surface area contributed by atoms with E-state index in [0.717, 1.165) is 25.7 Å². The Morgan fingerprint density at radius 1 is 1.16 bits per heavy atom. The molecule has 104 valence electrons. The lowest BCUT2D eigenvalue weighted by Gasteiger charge is -2.13. The van der Waals surface area contributed by atoms with Crippen LogP contribution in [0.5, 0.6) is 0 Å². The summed E-state index contributed by atoms with van der Waals surface area (Å²) in [6, 6.07) is 6.50. The normalized spacial score (nSPS) is 16.9. The summed E-state index contributed by atoms with van der Waals surface area (Å²) < 4.78 is 23.1. The predicted molar refractivity (Wildman–Crippen MR) is 73.4 cm³/mol. The van der Waals surface area contributed by atoms with Crippen LogP contribution >= 0.6 is 0 Å². The van der Waals surface area contributed by atoms with Gasteiger partial charge in [0.1, 0.15) is 0 Å². The molecule has 1 aliphatic rings. The fourth-order valence-electron chi connectivity index (χ4n) is 2.14. The maximum atomic E-state index is 11.7. The minimum absolute atomic E-state index is 0.222. The number of carbonyl (C=O) groups excluding carboxylic acids is 1. The molecule has 0 spiro atoms. The third kappa shape index (κ3) is 4.53. The summed E-state index contributed by atoms with van der Waals surface area (Å²) in [6.45, 7) is 0. The van der Waals surface area contributed by atoms with E-state index in [1.807, 2.05) is 0 Å². The zero-order chi connectivity index (χ0) is 13.7. The van der Waals surface area contributed by atoms with Crippen LogP contribution in [0.25, 0.3) is 0 Å². The van der Waals surface area contributed by atoms with Crippen LogP contribution in [-0.4, -0.2) is 20.8 Å². The van der Waals surface area contributed by atoms with E-state index in [4.69, 9.17) is 0 Å². The molecule has 2 rings (SSSR count). The molecule has 1 unspecified atom stereocenters. The van der Waals surface area contributed by atoms with Crippen molar-refractivity contribution in [3.8, 4) is 0 Å². The van der Waals surface area contributed by atoms with Crippen LogP contribution in [0, 0.1) is 0 Å². The molecule has 1 saturated carbocycles. The fourth-order valence-corrected chi connectivity index (χ4v) is 2.47. The van der Waals surface area contributed by atoms with Crippen molar-refractivity contribution >= 4 is 28.7 Å². The van der Waals surface area contributed by atoms with Crippen molar-refractivity contribution in [1.82, 2.24) is 5.32 Å². The third-order valence-electron chi connectivity index (χ3n) is 3.03. The molecule has 3 N–H and O–H groups in total. The Labute approximate surface area is 114 Å². The molecule has 1 aliphatic carbocycles. The molecule has 0 aromatic heterocycles. The number of anilines is 2. The summed E-state index contributed by atoms with van der Waals surface area (Å²) in [7, 11) is 0. The van der Waals surface area contributed by atoms with Crippen LogP contribution in [0.1, 0.15) is 25.7 Å². The average Bonchev–Trinajstić information content (AvgIpc) is 2.83. The molecule has 1 aromatic carbocycles. The Morgan fingerprint density at radius 3 is 2.32 bits per heavy atom. The van der Waals surface area contributed by atoms with E-state index < -0.39 is 11.3 Å². The molecule has 6 nitrogen and oxygen atoms in total. The van der Waals surface area contributed by atoms with Crippen molar-refractivity contribution in [1.29, 1.82) is 0 Å². The number of amides is 2. The monoisotopic (exact) mass is 282 g/mol. The molecule has 7 heteroatoms. The number of benzene rings is 1. The largest absolute Gasteiger partial charge is 0.755 e. The van der Waals surface area contributed by atoms with Gasteiger partial charge < -0.3 is 19.9 Å². The maximum Gasteiger partial charge on any atom is 0.319 e. The number of hydrogen-bond acceptors (Lipinski definition) is 3. The topological polar surface area (TPSA) is 93.3 Å². The minimum Gasteiger partial charge on any atom is -0.755 e. The molecule has 0 heterocycles. The highest BCUT2D eigenvalue weighted by molar-refractivity contribution is 7.80. The minimum atomic E-state index is -2.34.